The van der Waals surface area contributed by atoms with Gasteiger partial charge in [0.25, 0.3) is 0 Å². The van der Waals surface area contributed by atoms with Gasteiger partial charge in [0.05, 0.1) is 15.8 Å². The molecule has 0 aromatic heterocycles. The van der Waals surface area contributed by atoms with Crippen LogP contribution in [0.25, 0.3) is 0 Å². The Hall–Kier alpha value is 0.290. The van der Waals surface area contributed by atoms with Crippen LogP contribution in [0.4, 0.5) is 0 Å². The summed E-state index contributed by atoms with van der Waals surface area (Å²) in [7, 11) is 2.97. The average Bonchev–Trinajstić information content (AvgIpc) is 3.06. The van der Waals surface area contributed by atoms with E-state index in [1.165, 1.54) is 14.2 Å². The lowest BCUT2D eigenvalue weighted by molar-refractivity contribution is -0.219. The molecular formula is C13H15Cl4NO3. The SMILES string of the molecule is COC1(OC)C2(Cl)C(Cl)=C(Cl)C1(Cl)C(C1=NOCC1)C2C. The fourth-order valence-corrected chi connectivity index (χ4v) is 6.24. The van der Waals surface area contributed by atoms with Gasteiger partial charge in [-0.15, -0.1) is 23.2 Å². The fraction of sp³-hybridized carbons (Fsp3) is 0.769. The summed E-state index contributed by atoms with van der Waals surface area (Å²) in [6.07, 6.45) is 0.668. The largest absolute Gasteiger partial charge is 0.395 e. The maximum atomic E-state index is 6.95. The van der Waals surface area contributed by atoms with Gasteiger partial charge in [0.1, 0.15) is 16.4 Å². The van der Waals surface area contributed by atoms with Gasteiger partial charge in [-0.1, -0.05) is 35.3 Å². The van der Waals surface area contributed by atoms with Crippen LogP contribution in [0.2, 0.25) is 0 Å². The standard InChI is InChI=1S/C13H15Cl4NO3/c1-6-8(7-4-5-21-18-7)12(17)10(15)9(14)11(6,16)13(12,19-2)20-3/h6,8H,4-5H2,1-3H3. The maximum Gasteiger partial charge on any atom is 0.218 e. The lowest BCUT2D eigenvalue weighted by Gasteiger charge is -2.41. The summed E-state index contributed by atoms with van der Waals surface area (Å²) in [4.78, 5) is 2.71. The van der Waals surface area contributed by atoms with E-state index in [2.05, 4.69) is 5.16 Å². The zero-order chi connectivity index (χ0) is 15.6. The number of methoxy groups -OCH3 is 2. The number of nitrogens with zero attached hydrogens (tertiary/aromatic N) is 1. The molecular weight excluding hydrogens is 360 g/mol. The maximum absolute atomic E-state index is 6.95. The third-order valence-corrected chi connectivity index (χ3v) is 7.63. The molecule has 4 atom stereocenters. The summed E-state index contributed by atoms with van der Waals surface area (Å²) >= 11 is 26.7. The van der Waals surface area contributed by atoms with Crippen molar-refractivity contribution >= 4 is 52.1 Å². The third-order valence-electron chi connectivity index (χ3n) is 4.91. The van der Waals surface area contributed by atoms with Crippen molar-refractivity contribution in [3.8, 4) is 0 Å². The monoisotopic (exact) mass is 373 g/mol. The van der Waals surface area contributed by atoms with E-state index in [4.69, 9.17) is 60.7 Å². The Morgan fingerprint density at radius 1 is 1.14 bits per heavy atom. The summed E-state index contributed by atoms with van der Waals surface area (Å²) in [6.45, 7) is 2.46. The highest BCUT2D eigenvalue weighted by Crippen LogP contribution is 2.74. The molecule has 0 N–H and O–H groups in total. The zero-order valence-corrected chi connectivity index (χ0v) is 14.8. The van der Waals surface area contributed by atoms with Gasteiger partial charge < -0.3 is 14.3 Å². The molecule has 21 heavy (non-hydrogen) atoms. The normalized spacial score (nSPS) is 44.2. The van der Waals surface area contributed by atoms with E-state index in [1.54, 1.807) is 0 Å². The molecule has 8 heteroatoms. The minimum atomic E-state index is -1.37. The Labute approximate surface area is 143 Å². The minimum absolute atomic E-state index is 0.188. The minimum Gasteiger partial charge on any atom is -0.395 e. The number of fused-ring (bicyclic) bond motifs is 2. The summed E-state index contributed by atoms with van der Waals surface area (Å²) in [5, 5.41) is 4.62. The van der Waals surface area contributed by atoms with E-state index in [-0.39, 0.29) is 21.9 Å². The van der Waals surface area contributed by atoms with Crippen molar-refractivity contribution < 1.29 is 14.3 Å². The van der Waals surface area contributed by atoms with Crippen molar-refractivity contribution in [3.63, 3.8) is 0 Å². The van der Waals surface area contributed by atoms with Gasteiger partial charge in [-0.25, -0.2) is 0 Å². The van der Waals surface area contributed by atoms with Gasteiger partial charge in [0.15, 0.2) is 0 Å². The highest BCUT2D eigenvalue weighted by molar-refractivity contribution is 6.52. The molecule has 4 unspecified atom stereocenters. The van der Waals surface area contributed by atoms with Crippen LogP contribution < -0.4 is 0 Å². The summed E-state index contributed by atoms with van der Waals surface area (Å²) < 4.78 is 11.3. The Bertz CT molecular complexity index is 548. The highest BCUT2D eigenvalue weighted by Gasteiger charge is 2.84. The van der Waals surface area contributed by atoms with Crippen LogP contribution in [0.5, 0.6) is 0 Å². The van der Waals surface area contributed by atoms with Crippen LogP contribution >= 0.6 is 46.4 Å². The number of alkyl halides is 2. The second kappa shape index (κ2) is 4.89. The molecule has 0 saturated heterocycles. The summed E-state index contributed by atoms with van der Waals surface area (Å²) in [5.74, 6) is -1.84. The molecule has 0 aromatic rings. The number of hydrogen-bond donors (Lipinski definition) is 0. The van der Waals surface area contributed by atoms with Gasteiger partial charge >= 0.3 is 0 Å². The molecule has 2 aliphatic carbocycles. The van der Waals surface area contributed by atoms with Crippen LogP contribution in [-0.4, -0.2) is 42.1 Å². The zero-order valence-electron chi connectivity index (χ0n) is 11.8. The lowest BCUT2D eigenvalue weighted by Crippen LogP contribution is -2.57. The second-order valence-electron chi connectivity index (χ2n) is 5.51. The molecule has 1 saturated carbocycles. The summed E-state index contributed by atoms with van der Waals surface area (Å²) in [5.41, 5.74) is 0.806. The average molecular weight is 375 g/mol. The van der Waals surface area contributed by atoms with E-state index < -0.39 is 15.5 Å². The molecule has 118 valence electrons. The fourth-order valence-electron chi connectivity index (χ4n) is 4.02. The predicted molar refractivity (Wildman–Crippen MR) is 83.3 cm³/mol. The van der Waals surface area contributed by atoms with Crippen LogP contribution in [-0.2, 0) is 14.3 Å². The molecule has 0 spiro atoms. The number of oxime groups is 1. The van der Waals surface area contributed by atoms with Crippen LogP contribution in [0.3, 0.4) is 0 Å². The molecule has 1 fully saturated rings. The van der Waals surface area contributed by atoms with Crippen molar-refractivity contribution in [2.45, 2.75) is 28.9 Å². The molecule has 1 heterocycles. The molecule has 1 aliphatic heterocycles. The van der Waals surface area contributed by atoms with E-state index in [1.807, 2.05) is 6.92 Å². The molecule has 3 rings (SSSR count). The number of halogens is 4. The van der Waals surface area contributed by atoms with Crippen molar-refractivity contribution in [1.29, 1.82) is 0 Å². The topological polar surface area (TPSA) is 40.0 Å². The van der Waals surface area contributed by atoms with Gasteiger partial charge in [0, 0.05) is 26.6 Å². The smallest absolute Gasteiger partial charge is 0.218 e. The number of hydrogen-bond acceptors (Lipinski definition) is 4. The van der Waals surface area contributed by atoms with Gasteiger partial charge in [0.2, 0.25) is 5.79 Å². The van der Waals surface area contributed by atoms with Crippen molar-refractivity contribution in [2.24, 2.45) is 17.0 Å². The lowest BCUT2D eigenvalue weighted by atomic mass is 9.79. The molecule has 0 amide bonds. The Morgan fingerprint density at radius 2 is 1.71 bits per heavy atom. The van der Waals surface area contributed by atoms with Crippen molar-refractivity contribution in [2.75, 3.05) is 20.8 Å². The molecule has 4 nitrogen and oxygen atoms in total. The van der Waals surface area contributed by atoms with E-state index in [9.17, 15) is 0 Å². The summed E-state index contributed by atoms with van der Waals surface area (Å²) in [6, 6.07) is 0. The third kappa shape index (κ3) is 1.50. The quantitative estimate of drug-likeness (QED) is 0.558. The first kappa shape index (κ1) is 16.2. The number of rotatable bonds is 3. The van der Waals surface area contributed by atoms with Gasteiger partial charge in [-0.3, -0.25) is 0 Å². The first-order chi connectivity index (χ1) is 9.82. The van der Waals surface area contributed by atoms with E-state index >= 15 is 0 Å². The van der Waals surface area contributed by atoms with Gasteiger partial charge in [-0.2, -0.15) is 0 Å². The number of ether oxygens (including phenoxy) is 2. The van der Waals surface area contributed by atoms with Crippen molar-refractivity contribution in [1.82, 2.24) is 0 Å². The Morgan fingerprint density at radius 3 is 2.14 bits per heavy atom. The molecule has 0 radical (unpaired) electrons. The van der Waals surface area contributed by atoms with Crippen LogP contribution in [0.1, 0.15) is 13.3 Å². The Balaban J connectivity index is 2.26. The van der Waals surface area contributed by atoms with Crippen LogP contribution in [0, 0.1) is 11.8 Å². The van der Waals surface area contributed by atoms with Gasteiger partial charge in [-0.05, 0) is 5.92 Å². The first-order valence-corrected chi connectivity index (χ1v) is 8.07. The van der Waals surface area contributed by atoms with E-state index in [0.29, 0.717) is 13.0 Å². The van der Waals surface area contributed by atoms with Crippen molar-refractivity contribution in [3.05, 3.63) is 10.1 Å². The first-order valence-electron chi connectivity index (χ1n) is 6.56. The molecule has 0 aromatic carbocycles. The second-order valence-corrected chi connectivity index (χ2v) is 7.46. The Kier molecular flexibility index (Phi) is 3.76. The predicted octanol–water partition coefficient (Wildman–Crippen LogP) is 3.68. The molecule has 3 aliphatic rings. The van der Waals surface area contributed by atoms with E-state index in [0.717, 1.165) is 5.71 Å². The molecule has 2 bridgehead atoms. The van der Waals surface area contributed by atoms with Crippen LogP contribution in [0.15, 0.2) is 15.2 Å². The highest BCUT2D eigenvalue weighted by atomic mass is 35.5.